The fraction of sp³-hybridized carbons (Fsp3) is 0.350. The fourth-order valence-corrected chi connectivity index (χ4v) is 4.26. The molecule has 1 N–H and O–H groups in total. The van der Waals surface area contributed by atoms with Crippen LogP contribution in [0.5, 0.6) is 11.5 Å². The molecule has 2 aromatic carbocycles. The summed E-state index contributed by atoms with van der Waals surface area (Å²) in [6, 6.07) is 10.5. The van der Waals surface area contributed by atoms with Crippen LogP contribution in [0.15, 0.2) is 42.5 Å². The zero-order valence-corrected chi connectivity index (χ0v) is 18.5. The van der Waals surface area contributed by atoms with Crippen molar-refractivity contribution in [3.8, 4) is 11.5 Å². The number of rotatable bonds is 8. The van der Waals surface area contributed by atoms with Gasteiger partial charge >= 0.3 is 0 Å². The first-order valence-corrected chi connectivity index (χ1v) is 11.1. The van der Waals surface area contributed by atoms with E-state index >= 15 is 0 Å². The van der Waals surface area contributed by atoms with Crippen molar-refractivity contribution >= 4 is 33.2 Å². The highest BCUT2D eigenvalue weighted by atomic mass is 35.5. The molecule has 7 nitrogen and oxygen atoms in total. The number of carbonyl (C=O) groups excluding carboxylic acids is 1. The normalized spacial score (nSPS) is 13.3. The number of amides is 1. The third-order valence-corrected chi connectivity index (χ3v) is 5.90. The van der Waals surface area contributed by atoms with Gasteiger partial charge in [-0.1, -0.05) is 23.7 Å². The molecule has 29 heavy (non-hydrogen) atoms. The molecule has 9 heteroatoms. The van der Waals surface area contributed by atoms with Crippen molar-refractivity contribution < 1.29 is 22.7 Å². The number of nitrogens with one attached hydrogen (secondary N) is 1. The lowest BCUT2D eigenvalue weighted by atomic mass is 10.1. The Morgan fingerprint density at radius 1 is 1.07 bits per heavy atom. The van der Waals surface area contributed by atoms with Gasteiger partial charge in [-0.3, -0.25) is 9.10 Å². The van der Waals surface area contributed by atoms with Crippen molar-refractivity contribution in [2.45, 2.75) is 25.9 Å². The molecule has 0 spiro atoms. The van der Waals surface area contributed by atoms with Crippen molar-refractivity contribution in [3.63, 3.8) is 0 Å². The summed E-state index contributed by atoms with van der Waals surface area (Å²) in [5.74, 6) is 0.542. The number of carbonyl (C=O) groups is 1. The zero-order chi connectivity index (χ0) is 21.8. The van der Waals surface area contributed by atoms with Crippen LogP contribution in [0.25, 0.3) is 0 Å². The minimum atomic E-state index is -3.80. The molecule has 1 amide bonds. The largest absolute Gasteiger partial charge is 0.497 e. The number of sulfonamides is 1. The molecule has 0 saturated heterocycles. The Morgan fingerprint density at radius 3 is 2.21 bits per heavy atom. The molecule has 0 heterocycles. The second-order valence-electron chi connectivity index (χ2n) is 6.55. The summed E-state index contributed by atoms with van der Waals surface area (Å²) in [5.41, 5.74) is 1.06. The summed E-state index contributed by atoms with van der Waals surface area (Å²) in [4.78, 5) is 12.9. The van der Waals surface area contributed by atoms with E-state index in [9.17, 15) is 13.2 Å². The van der Waals surface area contributed by atoms with Gasteiger partial charge < -0.3 is 14.8 Å². The van der Waals surface area contributed by atoms with Crippen molar-refractivity contribution in [1.82, 2.24) is 5.32 Å². The summed E-state index contributed by atoms with van der Waals surface area (Å²) >= 11 is 6.05. The van der Waals surface area contributed by atoms with Crippen molar-refractivity contribution in [1.29, 1.82) is 0 Å². The van der Waals surface area contributed by atoms with Crippen LogP contribution in [0.4, 0.5) is 5.69 Å². The topological polar surface area (TPSA) is 84.9 Å². The number of hydrogen-bond acceptors (Lipinski definition) is 5. The number of methoxy groups -OCH3 is 2. The molecule has 0 aliphatic carbocycles. The molecule has 0 unspecified atom stereocenters. The molecule has 0 bridgehead atoms. The van der Waals surface area contributed by atoms with Gasteiger partial charge in [0.2, 0.25) is 15.9 Å². The molecule has 0 aliphatic heterocycles. The summed E-state index contributed by atoms with van der Waals surface area (Å²) < 4.78 is 36.4. The maximum atomic E-state index is 12.9. The Bertz CT molecular complexity index is 963. The first-order chi connectivity index (χ1) is 13.6. The number of ether oxygens (including phenoxy) is 2. The molecule has 0 fully saturated rings. The Balaban J connectivity index is 2.30. The fourth-order valence-electron chi connectivity index (χ4n) is 2.93. The molecule has 0 saturated carbocycles. The highest BCUT2D eigenvalue weighted by Crippen LogP contribution is 2.34. The lowest BCUT2D eigenvalue weighted by molar-refractivity contribution is -0.122. The minimum Gasteiger partial charge on any atom is -0.497 e. The third kappa shape index (κ3) is 5.55. The smallest absolute Gasteiger partial charge is 0.244 e. The third-order valence-electron chi connectivity index (χ3n) is 4.44. The van der Waals surface area contributed by atoms with Gasteiger partial charge in [0.05, 0.1) is 32.2 Å². The number of anilines is 1. The molecule has 0 radical (unpaired) electrons. The molecule has 158 valence electrons. The quantitative estimate of drug-likeness (QED) is 0.680. The van der Waals surface area contributed by atoms with Gasteiger partial charge in [-0.2, -0.15) is 0 Å². The van der Waals surface area contributed by atoms with Crippen molar-refractivity contribution in [2.75, 3.05) is 24.8 Å². The van der Waals surface area contributed by atoms with Crippen LogP contribution >= 0.6 is 11.6 Å². The van der Waals surface area contributed by atoms with Crippen LogP contribution in [0.3, 0.4) is 0 Å². The molecule has 2 rings (SSSR count). The van der Waals surface area contributed by atoms with Crippen molar-refractivity contribution in [2.24, 2.45) is 0 Å². The Morgan fingerprint density at radius 2 is 1.69 bits per heavy atom. The number of nitrogens with zero attached hydrogens (tertiary/aromatic N) is 1. The average molecular weight is 441 g/mol. The predicted molar refractivity (Wildman–Crippen MR) is 114 cm³/mol. The van der Waals surface area contributed by atoms with Crippen LogP contribution in [0.1, 0.15) is 25.5 Å². The predicted octanol–water partition coefficient (Wildman–Crippen LogP) is 3.39. The van der Waals surface area contributed by atoms with E-state index in [4.69, 9.17) is 21.1 Å². The number of benzene rings is 2. The monoisotopic (exact) mass is 440 g/mol. The van der Waals surface area contributed by atoms with Crippen LogP contribution in [0.2, 0.25) is 5.02 Å². The Hall–Kier alpha value is -2.45. The highest BCUT2D eigenvalue weighted by Gasteiger charge is 2.32. The van der Waals surface area contributed by atoms with E-state index in [-0.39, 0.29) is 11.7 Å². The first-order valence-electron chi connectivity index (χ1n) is 8.85. The zero-order valence-electron chi connectivity index (χ0n) is 17.0. The molecule has 0 aliphatic rings. The maximum absolute atomic E-state index is 12.9. The molecular weight excluding hydrogens is 416 g/mol. The second kappa shape index (κ2) is 9.37. The lowest BCUT2D eigenvalue weighted by Crippen LogP contribution is -2.48. The SMILES string of the molecule is COc1ccc([C@@H](C)NC(=O)[C@@H](C)N(c2cc(Cl)ccc2OC)S(C)(=O)=O)cc1. The second-order valence-corrected chi connectivity index (χ2v) is 8.85. The van der Waals surface area contributed by atoms with Gasteiger partial charge in [-0.25, -0.2) is 8.42 Å². The summed E-state index contributed by atoms with van der Waals surface area (Å²) in [7, 11) is -0.808. The average Bonchev–Trinajstić information content (AvgIpc) is 2.67. The standard InChI is InChI=1S/C20H25ClN2O5S/c1-13(15-6-9-17(27-3)10-7-15)22-20(24)14(2)23(29(5,25)26)18-12-16(21)8-11-19(18)28-4/h6-14H,1-5H3,(H,22,24)/t13-,14-/m1/s1. The summed E-state index contributed by atoms with van der Waals surface area (Å²) in [6.07, 6.45) is 1.03. The van der Waals surface area contributed by atoms with Gasteiger partial charge in [-0.15, -0.1) is 0 Å². The van der Waals surface area contributed by atoms with E-state index < -0.39 is 22.0 Å². The Kier molecular flexibility index (Phi) is 7.37. The molecule has 2 atom stereocenters. The van der Waals surface area contributed by atoms with Gasteiger partial charge in [0.1, 0.15) is 17.5 Å². The minimum absolute atomic E-state index is 0.197. The summed E-state index contributed by atoms with van der Waals surface area (Å²) in [5, 5.41) is 3.18. The van der Waals surface area contributed by atoms with E-state index in [1.165, 1.54) is 20.1 Å². The van der Waals surface area contributed by atoms with Crippen LogP contribution in [-0.2, 0) is 14.8 Å². The van der Waals surface area contributed by atoms with E-state index in [1.54, 1.807) is 31.4 Å². The van der Waals surface area contributed by atoms with Crippen LogP contribution in [0, 0.1) is 0 Å². The molecule has 2 aromatic rings. The number of halogens is 1. The van der Waals surface area contributed by atoms with Gasteiger partial charge in [-0.05, 0) is 49.7 Å². The van der Waals surface area contributed by atoms with Crippen LogP contribution in [-0.4, -0.2) is 40.8 Å². The molecule has 0 aromatic heterocycles. The van der Waals surface area contributed by atoms with Gasteiger partial charge in [0.15, 0.2) is 0 Å². The molecular formula is C20H25ClN2O5S. The van der Waals surface area contributed by atoms with E-state index in [0.717, 1.165) is 16.1 Å². The first kappa shape index (κ1) is 22.8. The van der Waals surface area contributed by atoms with E-state index in [2.05, 4.69) is 5.32 Å². The highest BCUT2D eigenvalue weighted by molar-refractivity contribution is 7.92. The Labute approximate surface area is 176 Å². The van der Waals surface area contributed by atoms with E-state index in [0.29, 0.717) is 16.5 Å². The van der Waals surface area contributed by atoms with Crippen molar-refractivity contribution in [3.05, 3.63) is 53.1 Å². The summed E-state index contributed by atoms with van der Waals surface area (Å²) in [6.45, 7) is 3.33. The lowest BCUT2D eigenvalue weighted by Gasteiger charge is -2.30. The number of hydrogen-bond donors (Lipinski definition) is 1. The van der Waals surface area contributed by atoms with Crippen LogP contribution < -0.4 is 19.1 Å². The van der Waals surface area contributed by atoms with Gasteiger partial charge in [0, 0.05) is 5.02 Å². The maximum Gasteiger partial charge on any atom is 0.244 e. The van der Waals surface area contributed by atoms with Gasteiger partial charge in [0.25, 0.3) is 0 Å². The van der Waals surface area contributed by atoms with E-state index in [1.807, 2.05) is 19.1 Å².